The number of nitrogens with one attached hydrogen (secondary N) is 1. The molecular weight excluding hydrogens is 457 g/mol. The van der Waals surface area contributed by atoms with Crippen LogP contribution in [-0.4, -0.2) is 72.1 Å². The Morgan fingerprint density at radius 3 is 2.70 bits per heavy atom. The van der Waals surface area contributed by atoms with Crippen LogP contribution in [0.5, 0.6) is 5.75 Å². The highest BCUT2D eigenvalue weighted by Gasteiger charge is 2.34. The summed E-state index contributed by atoms with van der Waals surface area (Å²) in [4.78, 5) is 24.8. The average molecular weight is 481 g/mol. The van der Waals surface area contributed by atoms with Gasteiger partial charge in [-0.15, -0.1) is 0 Å². The molecule has 4 rings (SSSR count). The lowest BCUT2D eigenvalue weighted by Gasteiger charge is -2.32. The highest BCUT2D eigenvalue weighted by Crippen LogP contribution is 2.45. The van der Waals surface area contributed by atoms with E-state index in [4.69, 9.17) is 10.5 Å². The Balaban J connectivity index is 1.47. The summed E-state index contributed by atoms with van der Waals surface area (Å²) in [5.41, 5.74) is 4.80. The number of nitrogens with zero attached hydrogens (tertiary/aromatic N) is 4. The zero-order valence-electron chi connectivity index (χ0n) is 17.9. The summed E-state index contributed by atoms with van der Waals surface area (Å²) in [7, 11) is 2.11. The Bertz CT molecular complexity index is 1070. The fourth-order valence-corrected chi connectivity index (χ4v) is 4.56. The second kappa shape index (κ2) is 9.57. The molecule has 0 aliphatic carbocycles. The summed E-state index contributed by atoms with van der Waals surface area (Å²) >= 11 is 1.17. The predicted molar refractivity (Wildman–Crippen MR) is 119 cm³/mol. The second-order valence-electron chi connectivity index (χ2n) is 7.71. The number of hydrogen-bond donors (Lipinski definition) is 2. The topological polar surface area (TPSA) is 96.6 Å². The van der Waals surface area contributed by atoms with Crippen LogP contribution in [0.4, 0.5) is 18.9 Å². The number of carbonyl (C=O) groups is 1. The number of benzene rings is 1. The molecule has 1 amide bonds. The van der Waals surface area contributed by atoms with E-state index in [1.54, 1.807) is 12.1 Å². The number of aromatic nitrogens is 2. The number of ether oxygens (including phenoxy) is 1. The molecule has 0 spiro atoms. The molecule has 3 heterocycles. The Hall–Kier alpha value is -2.83. The van der Waals surface area contributed by atoms with Crippen molar-refractivity contribution in [1.82, 2.24) is 19.8 Å². The van der Waals surface area contributed by atoms with Crippen LogP contribution in [0.1, 0.15) is 11.5 Å². The summed E-state index contributed by atoms with van der Waals surface area (Å²) in [5, 5.41) is 3.29. The van der Waals surface area contributed by atoms with Crippen molar-refractivity contribution >= 4 is 28.9 Å². The van der Waals surface area contributed by atoms with E-state index < -0.39 is 17.8 Å². The Kier molecular flexibility index (Phi) is 6.77. The molecule has 0 radical (unpaired) electrons. The van der Waals surface area contributed by atoms with Gasteiger partial charge in [0.2, 0.25) is 0 Å². The van der Waals surface area contributed by atoms with E-state index in [1.165, 1.54) is 11.8 Å². The maximum absolute atomic E-state index is 13.0. The second-order valence-corrected chi connectivity index (χ2v) is 8.76. The molecule has 1 aromatic carbocycles. The number of thioether (sulfide) groups is 1. The first kappa shape index (κ1) is 23.3. The van der Waals surface area contributed by atoms with Crippen molar-refractivity contribution in [1.29, 1.82) is 0 Å². The van der Waals surface area contributed by atoms with Gasteiger partial charge in [0.25, 0.3) is 5.91 Å². The number of halogens is 3. The Morgan fingerprint density at radius 1 is 1.24 bits per heavy atom. The number of alkyl halides is 3. The number of nitrogens with two attached hydrogens (primary N) is 1. The van der Waals surface area contributed by atoms with Crippen LogP contribution in [-0.2, 0) is 11.0 Å². The van der Waals surface area contributed by atoms with E-state index in [9.17, 15) is 18.0 Å². The highest BCUT2D eigenvalue weighted by molar-refractivity contribution is 8.04. The van der Waals surface area contributed by atoms with Crippen LogP contribution in [0.3, 0.4) is 0 Å². The highest BCUT2D eigenvalue weighted by atomic mass is 32.2. The molecule has 2 aliphatic heterocycles. The summed E-state index contributed by atoms with van der Waals surface area (Å²) < 4.78 is 45.0. The van der Waals surface area contributed by atoms with E-state index in [1.807, 2.05) is 6.07 Å². The maximum atomic E-state index is 13.0. The summed E-state index contributed by atoms with van der Waals surface area (Å²) in [6, 6.07) is 6.13. The Morgan fingerprint density at radius 2 is 2.00 bits per heavy atom. The lowest BCUT2D eigenvalue weighted by molar-refractivity contribution is -0.141. The zero-order valence-corrected chi connectivity index (χ0v) is 18.7. The van der Waals surface area contributed by atoms with Crippen LogP contribution in [0.15, 0.2) is 40.4 Å². The van der Waals surface area contributed by atoms with Crippen LogP contribution in [0.25, 0.3) is 5.57 Å². The molecule has 2 aliphatic rings. The number of anilines is 1. The quantitative estimate of drug-likeness (QED) is 0.609. The van der Waals surface area contributed by atoms with Crippen molar-refractivity contribution in [3.63, 3.8) is 0 Å². The van der Waals surface area contributed by atoms with Gasteiger partial charge in [0.15, 0.2) is 5.82 Å². The number of carbonyl (C=O) groups excluding carboxylic acids is 1. The molecule has 0 unspecified atom stereocenters. The Labute approximate surface area is 193 Å². The van der Waals surface area contributed by atoms with Crippen molar-refractivity contribution in [3.8, 4) is 5.75 Å². The fraction of sp³-hybridized carbons (Fsp3) is 0.381. The summed E-state index contributed by atoms with van der Waals surface area (Å²) in [6.07, 6.45) is -3.71. The third-order valence-electron chi connectivity index (χ3n) is 5.33. The number of rotatable bonds is 6. The van der Waals surface area contributed by atoms with Gasteiger partial charge < -0.3 is 20.7 Å². The molecule has 176 valence electrons. The van der Waals surface area contributed by atoms with E-state index >= 15 is 0 Å². The number of primary amides is 1. The number of fused-ring (bicyclic) bond motifs is 1. The molecule has 2 aromatic rings. The van der Waals surface area contributed by atoms with E-state index in [2.05, 4.69) is 32.1 Å². The molecular formula is C21H23F3N6O2S. The summed E-state index contributed by atoms with van der Waals surface area (Å²) in [6.45, 7) is 5.44. The van der Waals surface area contributed by atoms with Crippen molar-refractivity contribution in [2.75, 3.05) is 51.7 Å². The van der Waals surface area contributed by atoms with Crippen molar-refractivity contribution in [2.45, 2.75) is 11.1 Å². The van der Waals surface area contributed by atoms with Gasteiger partial charge in [0, 0.05) is 43.8 Å². The molecule has 0 atom stereocenters. The van der Waals surface area contributed by atoms with Crippen LogP contribution in [0.2, 0.25) is 0 Å². The van der Waals surface area contributed by atoms with Crippen LogP contribution in [0, 0.1) is 0 Å². The zero-order chi connectivity index (χ0) is 23.6. The minimum atomic E-state index is -4.67. The molecule has 1 saturated heterocycles. The molecule has 0 bridgehead atoms. The standard InChI is InChI=1S/C21H23F3N6O2S/c1-29-6-8-30(9-7-29)10-11-32-13-2-3-14-15(12-13)33-20(27-14)17(18(25)31)19-26-5-4-16(28-19)21(22,23)24/h2-5,12,27H,6-11H2,1H3,(H2,25,31)/b20-17-. The first-order chi connectivity index (χ1) is 15.7. The van der Waals surface area contributed by atoms with Crippen molar-refractivity contribution in [2.24, 2.45) is 5.73 Å². The monoisotopic (exact) mass is 480 g/mol. The third kappa shape index (κ3) is 5.57. The fourth-order valence-electron chi connectivity index (χ4n) is 3.48. The van der Waals surface area contributed by atoms with Gasteiger partial charge in [-0.3, -0.25) is 9.69 Å². The van der Waals surface area contributed by atoms with E-state index in [0.29, 0.717) is 18.0 Å². The molecule has 1 aromatic heterocycles. The van der Waals surface area contributed by atoms with Gasteiger partial charge in [-0.05, 0) is 31.3 Å². The van der Waals surface area contributed by atoms with Gasteiger partial charge in [-0.1, -0.05) is 11.8 Å². The average Bonchev–Trinajstić information content (AvgIpc) is 3.17. The number of hydrogen-bond acceptors (Lipinski definition) is 8. The van der Waals surface area contributed by atoms with Gasteiger partial charge in [0.05, 0.1) is 10.7 Å². The molecule has 8 nitrogen and oxygen atoms in total. The van der Waals surface area contributed by atoms with Crippen molar-refractivity contribution in [3.05, 3.63) is 47.0 Å². The van der Waals surface area contributed by atoms with Gasteiger partial charge >= 0.3 is 6.18 Å². The minimum Gasteiger partial charge on any atom is -0.492 e. The SMILES string of the molecule is CN1CCN(CCOc2ccc3c(c2)S/C(=C(/C(N)=O)c2nccc(C(F)(F)F)n2)N3)CC1. The first-order valence-corrected chi connectivity index (χ1v) is 11.1. The normalized spacial score (nSPS) is 18.5. The molecule has 1 fully saturated rings. The molecule has 12 heteroatoms. The third-order valence-corrected chi connectivity index (χ3v) is 6.40. The number of amides is 1. The number of piperazine rings is 1. The maximum Gasteiger partial charge on any atom is 0.433 e. The van der Waals surface area contributed by atoms with Crippen LogP contribution >= 0.6 is 11.8 Å². The molecule has 33 heavy (non-hydrogen) atoms. The van der Waals surface area contributed by atoms with Crippen LogP contribution < -0.4 is 15.8 Å². The van der Waals surface area contributed by atoms with E-state index in [0.717, 1.165) is 49.9 Å². The summed E-state index contributed by atoms with van der Waals surface area (Å²) in [5.74, 6) is -0.654. The molecule has 3 N–H and O–H groups in total. The largest absolute Gasteiger partial charge is 0.492 e. The van der Waals surface area contributed by atoms with Crippen molar-refractivity contribution < 1.29 is 22.7 Å². The van der Waals surface area contributed by atoms with Gasteiger partial charge in [-0.25, -0.2) is 9.97 Å². The first-order valence-electron chi connectivity index (χ1n) is 10.3. The molecule has 0 saturated carbocycles. The van der Waals surface area contributed by atoms with Gasteiger partial charge in [-0.2, -0.15) is 13.2 Å². The minimum absolute atomic E-state index is 0.208. The smallest absolute Gasteiger partial charge is 0.433 e. The number of likely N-dealkylation sites (N-methyl/N-ethyl adjacent to an activating group) is 1. The lowest BCUT2D eigenvalue weighted by Crippen LogP contribution is -2.45. The van der Waals surface area contributed by atoms with Gasteiger partial charge in [0.1, 0.15) is 23.6 Å². The lowest BCUT2D eigenvalue weighted by atomic mass is 10.2. The van der Waals surface area contributed by atoms with E-state index in [-0.39, 0.29) is 16.4 Å². The predicted octanol–water partition coefficient (Wildman–Crippen LogP) is 2.49.